The second-order valence-corrected chi connectivity index (χ2v) is 6.70. The van der Waals surface area contributed by atoms with Gasteiger partial charge in [0, 0.05) is 6.04 Å². The van der Waals surface area contributed by atoms with Gasteiger partial charge in [0.2, 0.25) is 0 Å². The van der Waals surface area contributed by atoms with Gasteiger partial charge in [0.15, 0.2) is 0 Å². The molecule has 17 heavy (non-hydrogen) atoms. The van der Waals surface area contributed by atoms with E-state index < -0.39 is 0 Å². The number of hydrogen-bond donors (Lipinski definition) is 1. The molecule has 0 spiro atoms. The Balaban J connectivity index is 1.69. The summed E-state index contributed by atoms with van der Waals surface area (Å²) in [4.78, 5) is 0. The molecule has 1 heteroatoms. The summed E-state index contributed by atoms with van der Waals surface area (Å²) in [6.07, 6.45) is 10.1. The van der Waals surface area contributed by atoms with Crippen LogP contribution in [0.2, 0.25) is 0 Å². The lowest BCUT2D eigenvalue weighted by molar-refractivity contribution is 0.289. The molecule has 5 atom stereocenters. The highest BCUT2D eigenvalue weighted by Crippen LogP contribution is 2.47. The van der Waals surface area contributed by atoms with E-state index in [0.717, 1.165) is 29.7 Å². The van der Waals surface area contributed by atoms with Gasteiger partial charge in [-0.2, -0.15) is 0 Å². The first-order valence-electron chi connectivity index (χ1n) is 7.96. The molecule has 5 unspecified atom stereocenters. The third-order valence-corrected chi connectivity index (χ3v) is 5.43. The van der Waals surface area contributed by atoms with E-state index in [9.17, 15) is 0 Å². The zero-order valence-electron chi connectivity index (χ0n) is 12.0. The van der Waals surface area contributed by atoms with Crippen LogP contribution in [0.25, 0.3) is 0 Å². The zero-order chi connectivity index (χ0) is 12.3. The molecule has 2 bridgehead atoms. The average Bonchev–Trinajstić information content (AvgIpc) is 2.96. The first kappa shape index (κ1) is 13.4. The van der Waals surface area contributed by atoms with Crippen LogP contribution in [0, 0.1) is 23.7 Å². The lowest BCUT2D eigenvalue weighted by Crippen LogP contribution is -2.35. The first-order chi connectivity index (χ1) is 8.22. The van der Waals surface area contributed by atoms with E-state index in [1.54, 1.807) is 6.42 Å². The summed E-state index contributed by atoms with van der Waals surface area (Å²) in [7, 11) is 0. The summed E-state index contributed by atoms with van der Waals surface area (Å²) in [5, 5.41) is 3.86. The van der Waals surface area contributed by atoms with E-state index in [1.807, 2.05) is 0 Å². The van der Waals surface area contributed by atoms with Crippen LogP contribution in [-0.2, 0) is 0 Å². The van der Waals surface area contributed by atoms with Crippen LogP contribution in [0.15, 0.2) is 0 Å². The number of fused-ring (bicyclic) bond motifs is 2. The highest BCUT2D eigenvalue weighted by Gasteiger charge is 2.39. The lowest BCUT2D eigenvalue weighted by atomic mass is 9.88. The molecule has 0 aromatic carbocycles. The fourth-order valence-electron chi connectivity index (χ4n) is 3.99. The molecule has 1 nitrogen and oxygen atoms in total. The molecule has 100 valence electrons. The summed E-state index contributed by atoms with van der Waals surface area (Å²) < 4.78 is 0. The minimum absolute atomic E-state index is 0.768. The highest BCUT2D eigenvalue weighted by atomic mass is 14.9. The van der Waals surface area contributed by atoms with Gasteiger partial charge in [0.25, 0.3) is 0 Å². The first-order valence-corrected chi connectivity index (χ1v) is 7.96. The third kappa shape index (κ3) is 3.47. The van der Waals surface area contributed by atoms with E-state index in [0.29, 0.717) is 0 Å². The largest absolute Gasteiger partial charge is 0.314 e. The van der Waals surface area contributed by atoms with Crippen molar-refractivity contribution in [2.24, 2.45) is 23.7 Å². The van der Waals surface area contributed by atoms with Gasteiger partial charge < -0.3 is 5.32 Å². The maximum absolute atomic E-state index is 3.86. The van der Waals surface area contributed by atoms with Gasteiger partial charge in [0.05, 0.1) is 0 Å². The maximum Gasteiger partial charge on any atom is 0.00670 e. The van der Waals surface area contributed by atoms with Gasteiger partial charge >= 0.3 is 0 Å². The monoisotopic (exact) mass is 237 g/mol. The fraction of sp³-hybridized carbons (Fsp3) is 1.00. The Bertz CT molecular complexity index is 226. The fourth-order valence-corrected chi connectivity index (χ4v) is 3.99. The molecular weight excluding hydrogens is 206 g/mol. The van der Waals surface area contributed by atoms with Crippen molar-refractivity contribution in [3.05, 3.63) is 0 Å². The Labute approximate surface area is 108 Å². The summed E-state index contributed by atoms with van der Waals surface area (Å²) in [5.74, 6) is 4.07. The van der Waals surface area contributed by atoms with Crippen molar-refractivity contribution in [1.29, 1.82) is 0 Å². The predicted molar refractivity (Wildman–Crippen MR) is 75.1 cm³/mol. The van der Waals surface area contributed by atoms with E-state index >= 15 is 0 Å². The van der Waals surface area contributed by atoms with E-state index in [1.165, 1.54) is 45.1 Å². The number of rotatable bonds is 7. The molecule has 0 aliphatic heterocycles. The van der Waals surface area contributed by atoms with Crippen molar-refractivity contribution in [1.82, 2.24) is 5.32 Å². The van der Waals surface area contributed by atoms with Crippen LogP contribution in [0.4, 0.5) is 0 Å². The Morgan fingerprint density at radius 2 is 1.94 bits per heavy atom. The molecule has 2 saturated carbocycles. The van der Waals surface area contributed by atoms with Gasteiger partial charge in [-0.25, -0.2) is 0 Å². The molecule has 2 rings (SSSR count). The quantitative estimate of drug-likeness (QED) is 0.699. The molecule has 0 aromatic heterocycles. The summed E-state index contributed by atoms with van der Waals surface area (Å²) in [5.41, 5.74) is 0. The SMILES string of the molecule is CCC(C)CC(CC)NCC1CC2CCC1C2. The molecule has 2 aliphatic carbocycles. The topological polar surface area (TPSA) is 12.0 Å². The molecule has 0 saturated heterocycles. The Morgan fingerprint density at radius 3 is 2.47 bits per heavy atom. The standard InChI is InChI=1S/C16H31N/c1-4-12(3)8-16(5-2)17-11-15-10-13-6-7-14(15)9-13/h12-17H,4-11H2,1-3H3. The summed E-state index contributed by atoms with van der Waals surface area (Å²) in [6.45, 7) is 8.34. The average molecular weight is 237 g/mol. The van der Waals surface area contributed by atoms with Gasteiger partial charge in [-0.1, -0.05) is 33.6 Å². The normalized spacial score (nSPS) is 35.1. The molecule has 0 heterocycles. The molecule has 0 aromatic rings. The number of nitrogens with one attached hydrogen (secondary N) is 1. The summed E-state index contributed by atoms with van der Waals surface area (Å²) >= 11 is 0. The van der Waals surface area contributed by atoms with Gasteiger partial charge in [0.1, 0.15) is 0 Å². The smallest absolute Gasteiger partial charge is 0.00670 e. The van der Waals surface area contributed by atoms with Gasteiger partial charge in [-0.15, -0.1) is 0 Å². The van der Waals surface area contributed by atoms with Gasteiger partial charge in [-0.3, -0.25) is 0 Å². The van der Waals surface area contributed by atoms with Crippen molar-refractivity contribution in [3.8, 4) is 0 Å². The molecule has 0 amide bonds. The molecule has 0 radical (unpaired) electrons. The van der Waals surface area contributed by atoms with Crippen LogP contribution < -0.4 is 5.32 Å². The predicted octanol–water partition coefficient (Wildman–Crippen LogP) is 4.23. The molecule has 2 fully saturated rings. The summed E-state index contributed by atoms with van der Waals surface area (Å²) in [6, 6.07) is 0.768. The maximum atomic E-state index is 3.86. The third-order valence-electron chi connectivity index (χ3n) is 5.43. The Hall–Kier alpha value is -0.0400. The van der Waals surface area contributed by atoms with Gasteiger partial charge in [-0.05, 0) is 62.3 Å². The van der Waals surface area contributed by atoms with Crippen molar-refractivity contribution in [3.63, 3.8) is 0 Å². The lowest BCUT2D eigenvalue weighted by Gasteiger charge is -2.26. The van der Waals surface area contributed by atoms with E-state index in [2.05, 4.69) is 26.1 Å². The van der Waals surface area contributed by atoms with Crippen LogP contribution in [0.5, 0.6) is 0 Å². The molecule has 2 aliphatic rings. The minimum atomic E-state index is 0.768. The minimum Gasteiger partial charge on any atom is -0.314 e. The van der Waals surface area contributed by atoms with Crippen molar-refractivity contribution in [2.45, 2.75) is 71.8 Å². The van der Waals surface area contributed by atoms with Crippen LogP contribution in [0.3, 0.4) is 0 Å². The Morgan fingerprint density at radius 1 is 1.12 bits per heavy atom. The van der Waals surface area contributed by atoms with Crippen molar-refractivity contribution < 1.29 is 0 Å². The second kappa shape index (κ2) is 6.22. The van der Waals surface area contributed by atoms with E-state index in [-0.39, 0.29) is 0 Å². The van der Waals surface area contributed by atoms with Crippen LogP contribution >= 0.6 is 0 Å². The van der Waals surface area contributed by atoms with E-state index in [4.69, 9.17) is 0 Å². The zero-order valence-corrected chi connectivity index (χ0v) is 12.0. The van der Waals surface area contributed by atoms with Crippen LogP contribution in [0.1, 0.15) is 65.7 Å². The van der Waals surface area contributed by atoms with Crippen LogP contribution in [-0.4, -0.2) is 12.6 Å². The molecular formula is C16H31N. The van der Waals surface area contributed by atoms with Crippen molar-refractivity contribution in [2.75, 3.05) is 6.54 Å². The number of hydrogen-bond acceptors (Lipinski definition) is 1. The van der Waals surface area contributed by atoms with Crippen molar-refractivity contribution >= 4 is 0 Å². The Kier molecular flexibility index (Phi) is 4.90. The second-order valence-electron chi connectivity index (χ2n) is 6.70. The molecule has 1 N–H and O–H groups in total. The highest BCUT2D eigenvalue weighted by molar-refractivity contribution is 4.91.